The molecule has 1 aromatic carbocycles. The Morgan fingerprint density at radius 1 is 1.04 bits per heavy atom. The van der Waals surface area contributed by atoms with Gasteiger partial charge in [0.05, 0.1) is 16.1 Å². The third kappa shape index (κ3) is 3.23. The average molecular weight is 390 g/mol. The highest BCUT2D eigenvalue weighted by Gasteiger charge is 2.19. The molecule has 0 aliphatic carbocycles. The molecule has 4 aromatic rings. The predicted molar refractivity (Wildman–Crippen MR) is 114 cm³/mol. The first-order valence-corrected chi connectivity index (χ1v) is 10.6. The van der Waals surface area contributed by atoms with E-state index in [1.165, 1.54) is 21.4 Å². The lowest BCUT2D eigenvalue weighted by atomic mass is 10.1. The maximum Gasteiger partial charge on any atom is 0.134 e. The number of benzene rings is 1. The van der Waals surface area contributed by atoms with Crippen molar-refractivity contribution in [2.24, 2.45) is 0 Å². The third-order valence-electron chi connectivity index (χ3n) is 5.50. The van der Waals surface area contributed by atoms with E-state index in [2.05, 4.69) is 68.4 Å². The van der Waals surface area contributed by atoms with E-state index in [1.54, 1.807) is 11.3 Å². The fraction of sp³-hybridized carbons (Fsp3) is 0.318. The molecule has 0 unspecified atom stereocenters. The summed E-state index contributed by atoms with van der Waals surface area (Å²) in [7, 11) is 0. The molecule has 28 heavy (non-hydrogen) atoms. The van der Waals surface area contributed by atoms with Gasteiger partial charge in [0.15, 0.2) is 0 Å². The lowest BCUT2D eigenvalue weighted by Crippen LogP contribution is -2.27. The normalized spacial score (nSPS) is 14.9. The van der Waals surface area contributed by atoms with Crippen LogP contribution >= 0.6 is 11.3 Å². The molecule has 5 nitrogen and oxygen atoms in total. The van der Waals surface area contributed by atoms with E-state index in [9.17, 15) is 0 Å². The highest BCUT2D eigenvalue weighted by molar-refractivity contribution is 7.13. The highest BCUT2D eigenvalue weighted by Crippen LogP contribution is 2.30. The number of nitrogens with zero attached hydrogens (tertiary/aromatic N) is 5. The molecule has 0 spiro atoms. The predicted octanol–water partition coefficient (Wildman–Crippen LogP) is 4.23. The Morgan fingerprint density at radius 3 is 2.82 bits per heavy atom. The summed E-state index contributed by atoms with van der Waals surface area (Å²) in [5.41, 5.74) is 4.74. The Kier molecular flexibility index (Phi) is 4.45. The minimum atomic E-state index is 0.904. The second kappa shape index (κ2) is 7.11. The standard InChI is InChI=1S/C22H23N5S/c1-15-5-6-17-13-18(22(23-19(17)12-15)20-4-3-11-28-20)14-26-8-7-21-25-24-16(2)27(21)10-9-26/h3-6,11-13H,7-10,14H2,1-2H3. The molecule has 0 saturated heterocycles. The first-order valence-electron chi connectivity index (χ1n) is 9.72. The minimum Gasteiger partial charge on any atom is -0.314 e. The zero-order valence-electron chi connectivity index (χ0n) is 16.2. The molecule has 4 heterocycles. The quantitative estimate of drug-likeness (QED) is 0.526. The highest BCUT2D eigenvalue weighted by atomic mass is 32.1. The Morgan fingerprint density at radius 2 is 1.96 bits per heavy atom. The van der Waals surface area contributed by atoms with Gasteiger partial charge in [0.25, 0.3) is 0 Å². The van der Waals surface area contributed by atoms with E-state index in [4.69, 9.17) is 4.98 Å². The molecular weight excluding hydrogens is 366 g/mol. The number of aryl methyl sites for hydroxylation is 2. The molecule has 3 aromatic heterocycles. The molecule has 142 valence electrons. The van der Waals surface area contributed by atoms with Crippen molar-refractivity contribution in [2.45, 2.75) is 33.4 Å². The van der Waals surface area contributed by atoms with Gasteiger partial charge in [0.1, 0.15) is 11.6 Å². The van der Waals surface area contributed by atoms with Crippen LogP contribution in [0.25, 0.3) is 21.5 Å². The molecule has 0 N–H and O–H groups in total. The summed E-state index contributed by atoms with van der Waals surface area (Å²) in [4.78, 5) is 8.82. The molecule has 0 bridgehead atoms. The summed E-state index contributed by atoms with van der Waals surface area (Å²) in [5.74, 6) is 2.12. The van der Waals surface area contributed by atoms with Crippen molar-refractivity contribution >= 4 is 22.2 Å². The Labute approximate surface area is 168 Å². The number of thiophene rings is 1. The molecule has 6 heteroatoms. The van der Waals surface area contributed by atoms with E-state index in [-0.39, 0.29) is 0 Å². The lowest BCUT2D eigenvalue weighted by Gasteiger charge is -2.21. The number of hydrogen-bond donors (Lipinski definition) is 0. The van der Waals surface area contributed by atoms with Crippen LogP contribution in [0.15, 0.2) is 41.8 Å². The van der Waals surface area contributed by atoms with Crippen molar-refractivity contribution in [3.8, 4) is 10.6 Å². The summed E-state index contributed by atoms with van der Waals surface area (Å²) in [6, 6.07) is 13.1. The topological polar surface area (TPSA) is 46.8 Å². The fourth-order valence-corrected chi connectivity index (χ4v) is 4.73. The molecule has 0 saturated carbocycles. The van der Waals surface area contributed by atoms with Gasteiger partial charge >= 0.3 is 0 Å². The van der Waals surface area contributed by atoms with Crippen molar-refractivity contribution in [1.29, 1.82) is 0 Å². The smallest absolute Gasteiger partial charge is 0.134 e. The zero-order chi connectivity index (χ0) is 19.1. The molecular formula is C22H23N5S. The van der Waals surface area contributed by atoms with Crippen LogP contribution in [-0.4, -0.2) is 37.7 Å². The molecule has 1 aliphatic heterocycles. The Balaban J connectivity index is 1.49. The monoisotopic (exact) mass is 389 g/mol. The van der Waals surface area contributed by atoms with Gasteiger partial charge in [-0.3, -0.25) is 4.90 Å². The third-order valence-corrected chi connectivity index (χ3v) is 6.38. The van der Waals surface area contributed by atoms with Crippen molar-refractivity contribution < 1.29 is 0 Å². The van der Waals surface area contributed by atoms with Gasteiger partial charge in [-0.15, -0.1) is 21.5 Å². The average Bonchev–Trinajstić information content (AvgIpc) is 3.29. The van der Waals surface area contributed by atoms with Crippen LogP contribution in [0.2, 0.25) is 0 Å². The SMILES string of the molecule is Cc1ccc2cc(CN3CCc4nnc(C)n4CC3)c(-c3cccs3)nc2c1. The molecule has 0 atom stereocenters. The van der Waals surface area contributed by atoms with Gasteiger partial charge in [-0.25, -0.2) is 4.98 Å². The van der Waals surface area contributed by atoms with Crippen LogP contribution in [-0.2, 0) is 19.5 Å². The largest absolute Gasteiger partial charge is 0.314 e. The summed E-state index contributed by atoms with van der Waals surface area (Å²) < 4.78 is 2.25. The lowest BCUT2D eigenvalue weighted by molar-refractivity contribution is 0.271. The van der Waals surface area contributed by atoms with Crippen LogP contribution in [0, 0.1) is 13.8 Å². The van der Waals surface area contributed by atoms with Gasteiger partial charge in [0.2, 0.25) is 0 Å². The van der Waals surface area contributed by atoms with Crippen molar-refractivity contribution in [3.05, 3.63) is 64.6 Å². The second-order valence-corrected chi connectivity index (χ2v) is 8.46. The molecule has 5 rings (SSSR count). The van der Waals surface area contributed by atoms with E-state index in [1.807, 2.05) is 6.92 Å². The Hall–Kier alpha value is -2.57. The van der Waals surface area contributed by atoms with E-state index < -0.39 is 0 Å². The minimum absolute atomic E-state index is 0.904. The van der Waals surface area contributed by atoms with Crippen molar-refractivity contribution in [2.75, 3.05) is 13.1 Å². The summed E-state index contributed by atoms with van der Waals surface area (Å²) in [6.07, 6.45) is 0.940. The molecule has 0 fully saturated rings. The molecule has 1 aliphatic rings. The van der Waals surface area contributed by atoms with Crippen LogP contribution in [0.1, 0.15) is 22.8 Å². The molecule has 0 amide bonds. The maximum absolute atomic E-state index is 5.07. The van der Waals surface area contributed by atoms with Crippen molar-refractivity contribution in [3.63, 3.8) is 0 Å². The molecule has 0 radical (unpaired) electrons. The number of hydrogen-bond acceptors (Lipinski definition) is 5. The number of aromatic nitrogens is 4. The summed E-state index contributed by atoms with van der Waals surface area (Å²) in [5, 5.41) is 11.9. The Bertz CT molecular complexity index is 1130. The maximum atomic E-state index is 5.07. The van der Waals surface area contributed by atoms with Gasteiger partial charge < -0.3 is 4.57 Å². The van der Waals surface area contributed by atoms with Gasteiger partial charge in [0, 0.05) is 38.0 Å². The first-order chi connectivity index (χ1) is 13.7. The van der Waals surface area contributed by atoms with E-state index in [0.717, 1.165) is 55.5 Å². The van der Waals surface area contributed by atoms with Gasteiger partial charge in [-0.2, -0.15) is 0 Å². The first kappa shape index (κ1) is 17.5. The van der Waals surface area contributed by atoms with Gasteiger partial charge in [-0.05, 0) is 48.6 Å². The van der Waals surface area contributed by atoms with Crippen LogP contribution in [0.3, 0.4) is 0 Å². The number of rotatable bonds is 3. The van der Waals surface area contributed by atoms with Crippen LogP contribution in [0.4, 0.5) is 0 Å². The second-order valence-electron chi connectivity index (χ2n) is 7.51. The van der Waals surface area contributed by atoms with E-state index in [0.29, 0.717) is 0 Å². The van der Waals surface area contributed by atoms with Crippen LogP contribution < -0.4 is 0 Å². The van der Waals surface area contributed by atoms with Crippen molar-refractivity contribution in [1.82, 2.24) is 24.6 Å². The fourth-order valence-electron chi connectivity index (χ4n) is 3.98. The van der Waals surface area contributed by atoms with E-state index >= 15 is 0 Å². The number of fused-ring (bicyclic) bond motifs is 2. The number of pyridine rings is 1. The summed E-state index contributed by atoms with van der Waals surface area (Å²) in [6.45, 7) is 8.01. The van der Waals surface area contributed by atoms with Crippen LogP contribution in [0.5, 0.6) is 0 Å². The van der Waals surface area contributed by atoms with Gasteiger partial charge in [-0.1, -0.05) is 18.2 Å². The summed E-state index contributed by atoms with van der Waals surface area (Å²) >= 11 is 1.76. The zero-order valence-corrected chi connectivity index (χ0v) is 17.0.